The highest BCUT2D eigenvalue weighted by Gasteiger charge is 2.23. The lowest BCUT2D eigenvalue weighted by molar-refractivity contribution is 0.316. The number of aromatic nitrogens is 1. The Morgan fingerprint density at radius 1 is 1.53 bits per heavy atom. The molecule has 0 aromatic carbocycles. The summed E-state index contributed by atoms with van der Waals surface area (Å²) in [5.41, 5.74) is 2.43. The summed E-state index contributed by atoms with van der Waals surface area (Å²) < 4.78 is 5.16. The number of hydrogen-bond acceptors (Lipinski definition) is 3. The highest BCUT2D eigenvalue weighted by Crippen LogP contribution is 2.31. The van der Waals surface area contributed by atoms with E-state index in [2.05, 4.69) is 23.0 Å². The molecule has 1 aliphatic rings. The maximum Gasteiger partial charge on any atom is 0.215 e. The van der Waals surface area contributed by atoms with Crippen molar-refractivity contribution < 1.29 is 4.74 Å². The average Bonchev–Trinajstić information content (AvgIpc) is 2.64. The van der Waals surface area contributed by atoms with Crippen LogP contribution in [0, 0.1) is 6.92 Å². The number of pyridine rings is 1. The quantitative estimate of drug-likeness (QED) is 0.741. The fourth-order valence-corrected chi connectivity index (χ4v) is 2.31. The first-order valence-corrected chi connectivity index (χ1v) is 5.43. The van der Waals surface area contributed by atoms with E-state index in [1.807, 2.05) is 13.1 Å². The van der Waals surface area contributed by atoms with Crippen LogP contribution in [0.3, 0.4) is 0 Å². The summed E-state index contributed by atoms with van der Waals surface area (Å²) >= 11 is 0. The molecule has 1 aromatic heterocycles. The third-order valence-electron chi connectivity index (χ3n) is 3.15. The van der Waals surface area contributed by atoms with E-state index >= 15 is 0 Å². The van der Waals surface area contributed by atoms with Crippen molar-refractivity contribution in [3.63, 3.8) is 0 Å². The van der Waals surface area contributed by atoms with Gasteiger partial charge in [0.2, 0.25) is 5.88 Å². The monoisotopic (exact) mass is 206 g/mol. The van der Waals surface area contributed by atoms with E-state index in [0.29, 0.717) is 6.04 Å². The Hall–Kier alpha value is -1.09. The lowest BCUT2D eigenvalue weighted by Gasteiger charge is -2.20. The summed E-state index contributed by atoms with van der Waals surface area (Å²) in [7, 11) is 3.84. The van der Waals surface area contributed by atoms with Crippen LogP contribution in [-0.4, -0.2) is 30.6 Å². The Morgan fingerprint density at radius 3 is 2.87 bits per heavy atom. The van der Waals surface area contributed by atoms with Gasteiger partial charge in [0.25, 0.3) is 0 Å². The third kappa shape index (κ3) is 1.97. The normalized spacial score (nSPS) is 21.9. The zero-order valence-corrected chi connectivity index (χ0v) is 9.66. The summed E-state index contributed by atoms with van der Waals surface area (Å²) in [6, 6.07) is 2.74. The Bertz CT molecular complexity index is 351. The standard InChI is InChI=1S/C12H18N2O/c1-9-7-10(8-13-12(9)15-3)11-5-4-6-14(11)2/h7-8,11H,4-6H2,1-3H3/t11-/m1/s1. The Balaban J connectivity index is 2.25. The molecule has 1 aromatic rings. The molecule has 15 heavy (non-hydrogen) atoms. The zero-order valence-electron chi connectivity index (χ0n) is 9.66. The summed E-state index contributed by atoms with van der Waals surface area (Å²) in [6.45, 7) is 3.24. The van der Waals surface area contributed by atoms with Gasteiger partial charge < -0.3 is 4.74 Å². The van der Waals surface area contributed by atoms with Crippen LogP contribution in [0.15, 0.2) is 12.3 Å². The number of methoxy groups -OCH3 is 1. The molecule has 2 heterocycles. The average molecular weight is 206 g/mol. The van der Waals surface area contributed by atoms with Crippen molar-refractivity contribution >= 4 is 0 Å². The first-order valence-electron chi connectivity index (χ1n) is 5.43. The van der Waals surface area contributed by atoms with E-state index in [4.69, 9.17) is 4.74 Å². The molecular formula is C12H18N2O. The van der Waals surface area contributed by atoms with Crippen molar-refractivity contribution in [1.29, 1.82) is 0 Å². The predicted molar refractivity (Wildman–Crippen MR) is 60.1 cm³/mol. The number of hydrogen-bond donors (Lipinski definition) is 0. The van der Waals surface area contributed by atoms with Gasteiger partial charge in [-0.05, 0) is 45.0 Å². The number of aryl methyl sites for hydroxylation is 1. The molecule has 1 saturated heterocycles. The molecule has 0 aliphatic carbocycles. The Labute approximate surface area is 91.1 Å². The van der Waals surface area contributed by atoms with E-state index in [1.54, 1.807) is 7.11 Å². The van der Waals surface area contributed by atoms with Gasteiger partial charge in [0.1, 0.15) is 0 Å². The molecular weight excluding hydrogens is 188 g/mol. The topological polar surface area (TPSA) is 25.4 Å². The SMILES string of the molecule is COc1ncc([C@H]2CCCN2C)cc1C. The second-order valence-corrected chi connectivity index (χ2v) is 4.23. The second-order valence-electron chi connectivity index (χ2n) is 4.23. The molecule has 1 aliphatic heterocycles. The van der Waals surface area contributed by atoms with E-state index in [9.17, 15) is 0 Å². The summed E-state index contributed by atoms with van der Waals surface area (Å²) in [5.74, 6) is 0.736. The molecule has 0 N–H and O–H groups in total. The largest absolute Gasteiger partial charge is 0.481 e. The molecule has 0 unspecified atom stereocenters. The van der Waals surface area contributed by atoms with Crippen molar-refractivity contribution in [3.05, 3.63) is 23.4 Å². The van der Waals surface area contributed by atoms with Gasteiger partial charge in [-0.1, -0.05) is 0 Å². The molecule has 3 nitrogen and oxygen atoms in total. The third-order valence-corrected chi connectivity index (χ3v) is 3.15. The van der Waals surface area contributed by atoms with Gasteiger partial charge >= 0.3 is 0 Å². The Morgan fingerprint density at radius 2 is 2.33 bits per heavy atom. The maximum atomic E-state index is 5.16. The molecule has 82 valence electrons. The van der Waals surface area contributed by atoms with Crippen molar-refractivity contribution in [2.45, 2.75) is 25.8 Å². The minimum atomic E-state index is 0.544. The van der Waals surface area contributed by atoms with E-state index in [1.165, 1.54) is 24.9 Å². The van der Waals surface area contributed by atoms with Crippen LogP contribution >= 0.6 is 0 Å². The molecule has 1 fully saturated rings. The molecule has 2 rings (SSSR count). The molecule has 3 heteroatoms. The number of rotatable bonds is 2. The molecule has 0 saturated carbocycles. The molecule has 0 radical (unpaired) electrons. The highest BCUT2D eigenvalue weighted by molar-refractivity contribution is 5.30. The van der Waals surface area contributed by atoms with E-state index in [0.717, 1.165) is 11.4 Å². The van der Waals surface area contributed by atoms with Crippen LogP contribution in [0.4, 0.5) is 0 Å². The predicted octanol–water partition coefficient (Wildman–Crippen LogP) is 2.17. The van der Waals surface area contributed by atoms with Crippen LogP contribution in [0.2, 0.25) is 0 Å². The van der Waals surface area contributed by atoms with Crippen molar-refractivity contribution in [2.75, 3.05) is 20.7 Å². The van der Waals surface area contributed by atoms with Crippen LogP contribution in [0.5, 0.6) is 5.88 Å². The smallest absolute Gasteiger partial charge is 0.215 e. The minimum absolute atomic E-state index is 0.544. The molecule has 0 amide bonds. The van der Waals surface area contributed by atoms with Gasteiger partial charge in [-0.15, -0.1) is 0 Å². The van der Waals surface area contributed by atoms with Gasteiger partial charge in [-0.25, -0.2) is 4.98 Å². The van der Waals surface area contributed by atoms with Crippen molar-refractivity contribution in [2.24, 2.45) is 0 Å². The van der Waals surface area contributed by atoms with Crippen LogP contribution in [0.25, 0.3) is 0 Å². The first-order chi connectivity index (χ1) is 7.22. The van der Waals surface area contributed by atoms with E-state index < -0.39 is 0 Å². The summed E-state index contributed by atoms with van der Waals surface area (Å²) in [4.78, 5) is 6.72. The number of ether oxygens (including phenoxy) is 1. The molecule has 1 atom stereocenters. The van der Waals surface area contributed by atoms with Crippen LogP contribution < -0.4 is 4.74 Å². The number of likely N-dealkylation sites (tertiary alicyclic amines) is 1. The lowest BCUT2D eigenvalue weighted by Crippen LogP contribution is -2.17. The minimum Gasteiger partial charge on any atom is -0.481 e. The van der Waals surface area contributed by atoms with E-state index in [-0.39, 0.29) is 0 Å². The highest BCUT2D eigenvalue weighted by atomic mass is 16.5. The molecule has 0 bridgehead atoms. The van der Waals surface area contributed by atoms with Crippen LogP contribution in [-0.2, 0) is 0 Å². The summed E-state index contributed by atoms with van der Waals surface area (Å²) in [5, 5.41) is 0. The van der Waals surface area contributed by atoms with Gasteiger partial charge in [-0.2, -0.15) is 0 Å². The fourth-order valence-electron chi connectivity index (χ4n) is 2.31. The summed E-state index contributed by atoms with van der Waals surface area (Å²) in [6.07, 6.45) is 4.47. The van der Waals surface area contributed by atoms with Gasteiger partial charge in [0.15, 0.2) is 0 Å². The lowest BCUT2D eigenvalue weighted by atomic mass is 10.1. The zero-order chi connectivity index (χ0) is 10.8. The number of nitrogens with zero attached hydrogens (tertiary/aromatic N) is 2. The fraction of sp³-hybridized carbons (Fsp3) is 0.583. The second kappa shape index (κ2) is 4.19. The van der Waals surface area contributed by atoms with Gasteiger partial charge in [0, 0.05) is 17.8 Å². The van der Waals surface area contributed by atoms with Gasteiger partial charge in [-0.3, -0.25) is 4.90 Å². The van der Waals surface area contributed by atoms with Crippen LogP contribution in [0.1, 0.15) is 30.0 Å². The van der Waals surface area contributed by atoms with Crippen molar-refractivity contribution in [3.8, 4) is 5.88 Å². The Kier molecular flexibility index (Phi) is 2.91. The molecule has 0 spiro atoms. The maximum absolute atomic E-state index is 5.16. The van der Waals surface area contributed by atoms with Gasteiger partial charge in [0.05, 0.1) is 7.11 Å². The first kappa shape index (κ1) is 10.4. The van der Waals surface area contributed by atoms with Crippen molar-refractivity contribution in [1.82, 2.24) is 9.88 Å².